The molecule has 0 spiro atoms. The van der Waals surface area contributed by atoms with E-state index in [1.54, 1.807) is 0 Å². The molecule has 0 bridgehead atoms. The van der Waals surface area contributed by atoms with Crippen LogP contribution in [0.15, 0.2) is 34.8 Å². The van der Waals surface area contributed by atoms with Crippen molar-refractivity contribution in [3.05, 3.63) is 38.4 Å². The van der Waals surface area contributed by atoms with Gasteiger partial charge >= 0.3 is 0 Å². The summed E-state index contributed by atoms with van der Waals surface area (Å²) in [5.74, 6) is 0. The molecule has 0 fully saturated rings. The minimum Gasteiger partial charge on any atom is -0.380 e. The number of rotatable bonds is 3. The summed E-state index contributed by atoms with van der Waals surface area (Å²) in [5, 5.41) is 3.73. The van der Waals surface area contributed by atoms with Crippen LogP contribution in [0.3, 0.4) is 0 Å². The Morgan fingerprint density at radius 3 is 2.54 bits per heavy atom. The first kappa shape index (κ1) is 11.1. The fourth-order valence-corrected chi connectivity index (χ4v) is 1.30. The lowest BCUT2D eigenvalue weighted by atomic mass is 10.3. The van der Waals surface area contributed by atoms with Crippen LogP contribution in [0.1, 0.15) is 0 Å². The Bertz CT molecular complexity index is 295. The van der Waals surface area contributed by atoms with Gasteiger partial charge in [-0.15, -0.1) is 0 Å². The van der Waals surface area contributed by atoms with E-state index in [0.717, 1.165) is 5.69 Å². The molecular weight excluding hydrogens is 320 g/mol. The Kier molecular flexibility index (Phi) is 4.91. The number of nitrogens with one attached hydrogen (secondary N) is 1. The van der Waals surface area contributed by atoms with Crippen molar-refractivity contribution in [3.8, 4) is 0 Å². The summed E-state index contributed by atoms with van der Waals surface area (Å²) in [4.78, 5) is 0. The van der Waals surface area contributed by atoms with Crippen molar-refractivity contribution in [1.82, 2.24) is 0 Å². The molecule has 1 N–H and O–H groups in total. The summed E-state index contributed by atoms with van der Waals surface area (Å²) in [6, 6.07) is 8.06. The molecule has 0 unspecified atom stereocenters. The van der Waals surface area contributed by atoms with Gasteiger partial charge in [0.15, 0.2) is 0 Å². The van der Waals surface area contributed by atoms with Crippen LogP contribution in [-0.4, -0.2) is 6.54 Å². The molecule has 0 atom stereocenters. The van der Waals surface area contributed by atoms with Gasteiger partial charge < -0.3 is 5.32 Å². The van der Waals surface area contributed by atoms with Crippen molar-refractivity contribution >= 4 is 51.5 Å². The van der Waals surface area contributed by atoms with Crippen LogP contribution < -0.4 is 5.32 Å². The van der Waals surface area contributed by atoms with Gasteiger partial charge in [-0.3, -0.25) is 0 Å². The molecule has 1 aromatic rings. The van der Waals surface area contributed by atoms with Crippen molar-refractivity contribution < 1.29 is 0 Å². The predicted octanol–water partition coefficient (Wildman–Crippen LogP) is 4.02. The molecule has 4 heteroatoms. The van der Waals surface area contributed by atoms with Gasteiger partial charge in [0.1, 0.15) is 0 Å². The van der Waals surface area contributed by atoms with Gasteiger partial charge in [-0.2, -0.15) is 0 Å². The quantitative estimate of drug-likeness (QED) is 0.827. The Hall–Kier alpha value is 0.0700. The molecule has 0 aromatic heterocycles. The molecule has 0 aliphatic heterocycles. The van der Waals surface area contributed by atoms with E-state index in [9.17, 15) is 0 Å². The van der Waals surface area contributed by atoms with E-state index in [0.29, 0.717) is 11.6 Å². The van der Waals surface area contributed by atoms with Crippen molar-refractivity contribution in [2.24, 2.45) is 0 Å². The lowest BCUT2D eigenvalue weighted by Crippen LogP contribution is -2.00. The van der Waals surface area contributed by atoms with E-state index >= 15 is 0 Å². The number of halogens is 3. The maximum Gasteiger partial charge on any atom is 0.0516 e. The van der Waals surface area contributed by atoms with Crippen molar-refractivity contribution in [2.75, 3.05) is 11.9 Å². The van der Waals surface area contributed by atoms with E-state index in [-0.39, 0.29) is 0 Å². The molecule has 1 rings (SSSR count). The summed E-state index contributed by atoms with van der Waals surface area (Å²) < 4.78 is 1.21. The number of hydrogen-bond acceptors (Lipinski definition) is 1. The molecule has 0 amide bonds. The standard InChI is InChI=1S/C9H8Cl2IN/c10-5-7(11)6-13-9-3-1-8(12)2-4-9/h1-5,13H,6H2/b7-5+. The third-order valence-corrected chi connectivity index (χ3v) is 2.76. The van der Waals surface area contributed by atoms with Crippen LogP contribution >= 0.6 is 45.8 Å². The van der Waals surface area contributed by atoms with E-state index in [1.165, 1.54) is 9.11 Å². The van der Waals surface area contributed by atoms with Gasteiger partial charge in [0.25, 0.3) is 0 Å². The lowest BCUT2D eigenvalue weighted by molar-refractivity contribution is 1.31. The summed E-state index contributed by atoms with van der Waals surface area (Å²) in [6.45, 7) is 0.561. The first-order valence-electron chi connectivity index (χ1n) is 3.66. The van der Waals surface area contributed by atoms with E-state index < -0.39 is 0 Å². The van der Waals surface area contributed by atoms with Gasteiger partial charge in [0.2, 0.25) is 0 Å². The van der Waals surface area contributed by atoms with E-state index in [2.05, 4.69) is 27.9 Å². The predicted molar refractivity (Wildman–Crippen MR) is 67.4 cm³/mol. The Morgan fingerprint density at radius 2 is 2.00 bits per heavy atom. The van der Waals surface area contributed by atoms with Gasteiger partial charge in [-0.1, -0.05) is 23.2 Å². The molecule has 0 aliphatic rings. The molecule has 0 saturated heterocycles. The summed E-state index contributed by atoms with van der Waals surface area (Å²) in [5.41, 5.74) is 2.40. The van der Waals surface area contributed by atoms with Crippen LogP contribution in [0.25, 0.3) is 0 Å². The first-order valence-corrected chi connectivity index (χ1v) is 5.56. The summed E-state index contributed by atoms with van der Waals surface area (Å²) >= 11 is 13.4. The van der Waals surface area contributed by atoms with Crippen molar-refractivity contribution in [2.45, 2.75) is 0 Å². The SMILES string of the molecule is Cl/C=C(/Cl)CNc1ccc(I)cc1. The molecule has 13 heavy (non-hydrogen) atoms. The van der Waals surface area contributed by atoms with Crippen LogP contribution in [0.5, 0.6) is 0 Å². The molecule has 0 heterocycles. The van der Waals surface area contributed by atoms with Crippen LogP contribution in [0.2, 0.25) is 0 Å². The maximum absolute atomic E-state index is 5.71. The maximum atomic E-state index is 5.71. The largest absolute Gasteiger partial charge is 0.380 e. The molecule has 70 valence electrons. The molecular formula is C9H8Cl2IN. The number of benzene rings is 1. The number of anilines is 1. The van der Waals surface area contributed by atoms with Crippen molar-refractivity contribution in [3.63, 3.8) is 0 Å². The highest BCUT2D eigenvalue weighted by Gasteiger charge is 1.93. The Labute approximate surface area is 101 Å². The van der Waals surface area contributed by atoms with Gasteiger partial charge in [0.05, 0.1) is 6.54 Å². The topological polar surface area (TPSA) is 12.0 Å². The lowest BCUT2D eigenvalue weighted by Gasteiger charge is -2.04. The highest BCUT2D eigenvalue weighted by Crippen LogP contribution is 2.12. The van der Waals surface area contributed by atoms with E-state index in [1.807, 2.05) is 24.3 Å². The number of hydrogen-bond donors (Lipinski definition) is 1. The minimum absolute atomic E-state index is 0.561. The van der Waals surface area contributed by atoms with Crippen molar-refractivity contribution in [1.29, 1.82) is 0 Å². The normalized spacial score (nSPS) is 11.5. The molecule has 0 saturated carbocycles. The third kappa shape index (κ3) is 4.20. The molecule has 1 aromatic carbocycles. The van der Waals surface area contributed by atoms with Gasteiger partial charge in [-0.05, 0) is 46.9 Å². The second-order valence-electron chi connectivity index (χ2n) is 2.42. The zero-order chi connectivity index (χ0) is 9.68. The minimum atomic E-state index is 0.561. The molecule has 0 radical (unpaired) electrons. The average Bonchev–Trinajstić information content (AvgIpc) is 2.16. The highest BCUT2D eigenvalue weighted by molar-refractivity contribution is 14.1. The molecule has 1 nitrogen and oxygen atoms in total. The third-order valence-electron chi connectivity index (χ3n) is 1.42. The highest BCUT2D eigenvalue weighted by atomic mass is 127. The Balaban J connectivity index is 2.51. The van der Waals surface area contributed by atoms with Crippen LogP contribution in [-0.2, 0) is 0 Å². The average molecular weight is 328 g/mol. The van der Waals surface area contributed by atoms with Crippen LogP contribution in [0, 0.1) is 3.57 Å². The zero-order valence-corrected chi connectivity index (χ0v) is 10.4. The first-order chi connectivity index (χ1) is 6.22. The smallest absolute Gasteiger partial charge is 0.0516 e. The second kappa shape index (κ2) is 5.73. The zero-order valence-electron chi connectivity index (χ0n) is 6.73. The summed E-state index contributed by atoms with van der Waals surface area (Å²) in [6.07, 6.45) is 0. The fourth-order valence-electron chi connectivity index (χ4n) is 0.793. The summed E-state index contributed by atoms with van der Waals surface area (Å²) in [7, 11) is 0. The molecule has 0 aliphatic carbocycles. The monoisotopic (exact) mass is 327 g/mol. The Morgan fingerprint density at radius 1 is 1.38 bits per heavy atom. The van der Waals surface area contributed by atoms with Gasteiger partial charge in [-0.25, -0.2) is 0 Å². The van der Waals surface area contributed by atoms with Gasteiger partial charge in [0, 0.05) is 19.8 Å². The second-order valence-corrected chi connectivity index (χ2v) is 4.37. The van der Waals surface area contributed by atoms with E-state index in [4.69, 9.17) is 23.2 Å². The van der Waals surface area contributed by atoms with Crippen LogP contribution in [0.4, 0.5) is 5.69 Å². The fraction of sp³-hybridized carbons (Fsp3) is 0.111.